The van der Waals surface area contributed by atoms with Crippen LogP contribution in [-0.2, 0) is 6.18 Å². The van der Waals surface area contributed by atoms with Crippen molar-refractivity contribution < 1.29 is 22.4 Å². The van der Waals surface area contributed by atoms with Gasteiger partial charge in [0.15, 0.2) is 6.29 Å². The zero-order chi connectivity index (χ0) is 17.3. The summed E-state index contributed by atoms with van der Waals surface area (Å²) in [6, 6.07) is 9.93. The van der Waals surface area contributed by atoms with Gasteiger partial charge < -0.3 is 0 Å². The highest BCUT2D eigenvalue weighted by molar-refractivity contribution is 5.85. The third-order valence-corrected chi connectivity index (χ3v) is 3.43. The van der Waals surface area contributed by atoms with Gasteiger partial charge in [-0.15, -0.1) is 0 Å². The Morgan fingerprint density at radius 3 is 2.38 bits per heavy atom. The van der Waals surface area contributed by atoms with Gasteiger partial charge in [-0.3, -0.25) is 4.79 Å². The van der Waals surface area contributed by atoms with Crippen LogP contribution in [0.5, 0.6) is 0 Å². The number of aromatic nitrogens is 2. The topological polar surface area (TPSA) is 34.9 Å². The van der Waals surface area contributed by atoms with Crippen molar-refractivity contribution in [3.05, 3.63) is 71.7 Å². The molecule has 0 atom stereocenters. The molecule has 24 heavy (non-hydrogen) atoms. The average Bonchev–Trinajstić information content (AvgIpc) is 2.99. The van der Waals surface area contributed by atoms with Crippen molar-refractivity contribution >= 4 is 6.29 Å². The van der Waals surface area contributed by atoms with Crippen LogP contribution < -0.4 is 0 Å². The minimum atomic E-state index is -4.48. The van der Waals surface area contributed by atoms with Gasteiger partial charge in [0.25, 0.3) is 0 Å². The Hall–Kier alpha value is -2.96. The van der Waals surface area contributed by atoms with Crippen molar-refractivity contribution in [3.8, 4) is 16.9 Å². The lowest BCUT2D eigenvalue weighted by molar-refractivity contribution is -0.137. The van der Waals surface area contributed by atoms with Crippen molar-refractivity contribution in [2.24, 2.45) is 0 Å². The predicted octanol–water partition coefficient (Wildman–Crippen LogP) is 4.51. The highest BCUT2D eigenvalue weighted by atomic mass is 19.4. The van der Waals surface area contributed by atoms with Crippen LogP contribution in [0.25, 0.3) is 16.9 Å². The van der Waals surface area contributed by atoms with E-state index >= 15 is 0 Å². The fourth-order valence-corrected chi connectivity index (χ4v) is 2.26. The lowest BCUT2D eigenvalue weighted by Gasteiger charge is -2.08. The van der Waals surface area contributed by atoms with E-state index in [-0.39, 0.29) is 16.9 Å². The van der Waals surface area contributed by atoms with Gasteiger partial charge in [-0.25, -0.2) is 9.07 Å². The maximum Gasteiger partial charge on any atom is 0.416 e. The Balaban J connectivity index is 2.08. The van der Waals surface area contributed by atoms with Crippen LogP contribution in [-0.4, -0.2) is 16.1 Å². The molecule has 0 saturated heterocycles. The molecule has 1 aromatic heterocycles. The van der Waals surface area contributed by atoms with E-state index in [1.165, 1.54) is 47.3 Å². The predicted molar refractivity (Wildman–Crippen MR) is 79.3 cm³/mol. The van der Waals surface area contributed by atoms with Gasteiger partial charge >= 0.3 is 6.18 Å². The van der Waals surface area contributed by atoms with Crippen LogP contribution in [0.1, 0.15) is 15.9 Å². The molecule has 0 saturated carbocycles. The second kappa shape index (κ2) is 5.92. The fourth-order valence-electron chi connectivity index (χ4n) is 2.26. The molecule has 0 radical (unpaired) electrons. The molecule has 2 aromatic carbocycles. The molecule has 0 amide bonds. The van der Waals surface area contributed by atoms with Crippen LogP contribution in [0.15, 0.2) is 54.7 Å². The van der Waals surface area contributed by atoms with E-state index in [1.807, 2.05) is 0 Å². The number of hydrogen-bond donors (Lipinski definition) is 0. The second-order valence-corrected chi connectivity index (χ2v) is 5.05. The summed E-state index contributed by atoms with van der Waals surface area (Å²) in [5.74, 6) is -0.441. The van der Waals surface area contributed by atoms with E-state index in [2.05, 4.69) is 5.10 Å². The van der Waals surface area contributed by atoms with Gasteiger partial charge in [0.1, 0.15) is 11.5 Å². The molecule has 3 aromatic rings. The van der Waals surface area contributed by atoms with Crippen molar-refractivity contribution in [2.75, 3.05) is 0 Å². The standard InChI is InChI=1S/C17H10F4N2O/c18-14-6-4-11(5-7-14)16-12(10-24)9-23(22-16)15-3-1-2-13(8-15)17(19,20)21/h1-10H. The minimum Gasteiger partial charge on any atom is -0.298 e. The highest BCUT2D eigenvalue weighted by Gasteiger charge is 2.30. The van der Waals surface area contributed by atoms with E-state index in [9.17, 15) is 22.4 Å². The van der Waals surface area contributed by atoms with Gasteiger partial charge in [0.05, 0.1) is 16.8 Å². The number of carbonyl (C=O) groups is 1. The quantitative estimate of drug-likeness (QED) is 0.522. The lowest BCUT2D eigenvalue weighted by atomic mass is 10.1. The molecule has 0 spiro atoms. The summed E-state index contributed by atoms with van der Waals surface area (Å²) in [4.78, 5) is 11.2. The molecule has 0 aliphatic heterocycles. The Kier molecular flexibility index (Phi) is 3.92. The first-order valence-corrected chi connectivity index (χ1v) is 6.87. The molecule has 0 aliphatic carbocycles. The van der Waals surface area contributed by atoms with Gasteiger partial charge in [-0.2, -0.15) is 18.3 Å². The monoisotopic (exact) mass is 334 g/mol. The van der Waals surface area contributed by atoms with E-state index < -0.39 is 17.6 Å². The average molecular weight is 334 g/mol. The summed E-state index contributed by atoms with van der Waals surface area (Å²) in [5.41, 5.74) is 0.304. The molecule has 0 N–H and O–H groups in total. The fraction of sp³-hybridized carbons (Fsp3) is 0.0588. The Labute approximate surface area is 134 Å². The lowest BCUT2D eigenvalue weighted by Crippen LogP contribution is -2.06. The first kappa shape index (κ1) is 15.9. The molecule has 0 fully saturated rings. The van der Waals surface area contributed by atoms with E-state index in [0.29, 0.717) is 11.8 Å². The number of rotatable bonds is 3. The number of hydrogen-bond acceptors (Lipinski definition) is 2. The molecule has 1 heterocycles. The summed E-state index contributed by atoms with van der Waals surface area (Å²) < 4.78 is 52.6. The molecular formula is C17H10F4N2O. The summed E-state index contributed by atoms with van der Waals surface area (Å²) in [6.07, 6.45) is -2.59. The van der Waals surface area contributed by atoms with E-state index in [4.69, 9.17) is 0 Å². The smallest absolute Gasteiger partial charge is 0.298 e. The van der Waals surface area contributed by atoms with Gasteiger partial charge in [-0.1, -0.05) is 6.07 Å². The molecule has 3 nitrogen and oxygen atoms in total. The summed E-state index contributed by atoms with van der Waals surface area (Å²) in [6.45, 7) is 0. The van der Waals surface area contributed by atoms with Gasteiger partial charge in [0, 0.05) is 11.8 Å². The Morgan fingerprint density at radius 2 is 1.75 bits per heavy atom. The van der Waals surface area contributed by atoms with Crippen LogP contribution in [0.4, 0.5) is 17.6 Å². The number of nitrogens with zero attached hydrogens (tertiary/aromatic N) is 2. The molecule has 0 aliphatic rings. The van der Waals surface area contributed by atoms with Crippen molar-refractivity contribution in [2.45, 2.75) is 6.18 Å². The number of halogens is 4. The van der Waals surface area contributed by atoms with E-state index in [1.54, 1.807) is 0 Å². The van der Waals surface area contributed by atoms with Crippen molar-refractivity contribution in [1.29, 1.82) is 0 Å². The maximum atomic E-state index is 13.0. The molecule has 3 rings (SSSR count). The van der Waals surface area contributed by atoms with Gasteiger partial charge in [0.2, 0.25) is 0 Å². The third kappa shape index (κ3) is 3.05. The Morgan fingerprint density at radius 1 is 1.04 bits per heavy atom. The Bertz CT molecular complexity index is 882. The highest BCUT2D eigenvalue weighted by Crippen LogP contribution is 2.31. The second-order valence-electron chi connectivity index (χ2n) is 5.05. The molecule has 122 valence electrons. The molecule has 0 bridgehead atoms. The summed E-state index contributed by atoms with van der Waals surface area (Å²) in [5, 5.41) is 4.17. The number of alkyl halides is 3. The van der Waals surface area contributed by atoms with Crippen LogP contribution in [0, 0.1) is 5.82 Å². The van der Waals surface area contributed by atoms with Crippen LogP contribution >= 0.6 is 0 Å². The summed E-state index contributed by atoms with van der Waals surface area (Å²) in [7, 11) is 0. The summed E-state index contributed by atoms with van der Waals surface area (Å²) >= 11 is 0. The maximum absolute atomic E-state index is 13.0. The molecule has 7 heteroatoms. The number of aldehydes is 1. The third-order valence-electron chi connectivity index (χ3n) is 3.43. The SMILES string of the molecule is O=Cc1cn(-c2cccc(C(F)(F)F)c2)nc1-c1ccc(F)cc1. The van der Waals surface area contributed by atoms with Crippen molar-refractivity contribution in [1.82, 2.24) is 9.78 Å². The van der Waals surface area contributed by atoms with Crippen LogP contribution in [0.3, 0.4) is 0 Å². The molecule has 0 unspecified atom stereocenters. The zero-order valence-corrected chi connectivity index (χ0v) is 12.1. The largest absolute Gasteiger partial charge is 0.416 e. The van der Waals surface area contributed by atoms with E-state index in [0.717, 1.165) is 12.1 Å². The first-order valence-electron chi connectivity index (χ1n) is 6.87. The molecular weight excluding hydrogens is 324 g/mol. The zero-order valence-electron chi connectivity index (χ0n) is 12.1. The van der Waals surface area contributed by atoms with Crippen molar-refractivity contribution in [3.63, 3.8) is 0 Å². The van der Waals surface area contributed by atoms with Crippen LogP contribution in [0.2, 0.25) is 0 Å². The first-order chi connectivity index (χ1) is 11.4. The van der Waals surface area contributed by atoms with Gasteiger partial charge in [-0.05, 0) is 42.5 Å². The minimum absolute atomic E-state index is 0.168. The number of carbonyl (C=O) groups excluding carboxylic acids is 1. The number of benzene rings is 2. The normalized spacial score (nSPS) is 11.5.